The number of aromatic nitrogens is 3. The highest BCUT2D eigenvalue weighted by Gasteiger charge is 2.21. The highest BCUT2D eigenvalue weighted by Crippen LogP contribution is 2.32. The molecule has 0 radical (unpaired) electrons. The molecule has 10 heteroatoms. The molecule has 0 unspecified atom stereocenters. The molecule has 1 aromatic carbocycles. The van der Waals surface area contributed by atoms with Gasteiger partial charge in [0.2, 0.25) is 15.0 Å². The Bertz CT molecular complexity index is 1060. The van der Waals surface area contributed by atoms with Gasteiger partial charge in [-0.25, -0.2) is 22.6 Å². The lowest BCUT2D eigenvalue weighted by Gasteiger charge is -2.18. The lowest BCUT2D eigenvalue weighted by molar-refractivity contribution is 0.171. The minimum absolute atomic E-state index is 0.104. The molecule has 0 saturated heterocycles. The van der Waals surface area contributed by atoms with Gasteiger partial charge in [-0.3, -0.25) is 0 Å². The minimum Gasteiger partial charge on any atom is -0.486 e. The van der Waals surface area contributed by atoms with Crippen LogP contribution in [0.5, 0.6) is 11.5 Å². The first-order valence-corrected chi connectivity index (χ1v) is 9.95. The van der Waals surface area contributed by atoms with Gasteiger partial charge in [-0.05, 0) is 26.0 Å². The Balaban J connectivity index is 1.60. The van der Waals surface area contributed by atoms with E-state index in [1.807, 2.05) is 13.8 Å². The Morgan fingerprint density at radius 3 is 2.80 bits per heavy atom. The summed E-state index contributed by atoms with van der Waals surface area (Å²) in [6, 6.07) is 4.58. The van der Waals surface area contributed by atoms with Crippen LogP contribution >= 0.6 is 11.3 Å². The standard InChI is InChI=1S/C15H16N4O4S2/c1-9-12(19-15(17-9)24-10(2)18-19)8-16-25(20,21)11-3-4-13-14(7-11)23-6-5-22-13/h3-4,7,16H,5-6,8H2,1-2H3. The summed E-state index contributed by atoms with van der Waals surface area (Å²) in [6.45, 7) is 4.69. The van der Waals surface area contributed by atoms with Crippen molar-refractivity contribution in [2.75, 3.05) is 13.2 Å². The van der Waals surface area contributed by atoms with Gasteiger partial charge in [0.05, 0.1) is 22.8 Å². The molecule has 8 nitrogen and oxygen atoms in total. The van der Waals surface area contributed by atoms with Crippen LogP contribution < -0.4 is 14.2 Å². The first-order chi connectivity index (χ1) is 11.9. The molecule has 0 atom stereocenters. The van der Waals surface area contributed by atoms with Gasteiger partial charge in [-0.1, -0.05) is 11.3 Å². The lowest BCUT2D eigenvalue weighted by Crippen LogP contribution is -2.25. The summed E-state index contributed by atoms with van der Waals surface area (Å²) in [7, 11) is -3.70. The monoisotopic (exact) mass is 380 g/mol. The Labute approximate surface area is 148 Å². The lowest BCUT2D eigenvalue weighted by atomic mass is 10.3. The van der Waals surface area contributed by atoms with Gasteiger partial charge < -0.3 is 9.47 Å². The highest BCUT2D eigenvalue weighted by atomic mass is 32.2. The van der Waals surface area contributed by atoms with Crippen molar-refractivity contribution in [1.29, 1.82) is 0 Å². The number of hydrogen-bond donors (Lipinski definition) is 1. The van der Waals surface area contributed by atoms with Crippen LogP contribution in [-0.4, -0.2) is 36.2 Å². The molecular formula is C15H16N4O4S2. The van der Waals surface area contributed by atoms with Crippen molar-refractivity contribution < 1.29 is 17.9 Å². The van der Waals surface area contributed by atoms with Crippen molar-refractivity contribution >= 4 is 26.3 Å². The second kappa shape index (κ2) is 5.97. The first-order valence-electron chi connectivity index (χ1n) is 7.65. The van der Waals surface area contributed by atoms with Crippen molar-refractivity contribution in [2.45, 2.75) is 25.3 Å². The van der Waals surface area contributed by atoms with Crippen LogP contribution in [0.25, 0.3) is 4.96 Å². The van der Waals surface area contributed by atoms with Gasteiger partial charge >= 0.3 is 0 Å². The maximum Gasteiger partial charge on any atom is 0.241 e. The van der Waals surface area contributed by atoms with Crippen LogP contribution in [0.15, 0.2) is 23.1 Å². The maximum atomic E-state index is 12.6. The molecule has 4 rings (SSSR count). The second-order valence-electron chi connectivity index (χ2n) is 5.59. The average molecular weight is 380 g/mol. The van der Waals surface area contributed by atoms with Gasteiger partial charge in [0, 0.05) is 6.07 Å². The van der Waals surface area contributed by atoms with Gasteiger partial charge in [0.15, 0.2) is 11.5 Å². The Morgan fingerprint density at radius 1 is 1.24 bits per heavy atom. The summed E-state index contributed by atoms with van der Waals surface area (Å²) < 4.78 is 40.4. The van der Waals surface area contributed by atoms with E-state index in [9.17, 15) is 8.42 Å². The van der Waals surface area contributed by atoms with Gasteiger partial charge in [-0.2, -0.15) is 5.10 Å². The minimum atomic E-state index is -3.70. The fourth-order valence-electron chi connectivity index (χ4n) is 2.63. The fraction of sp³-hybridized carbons (Fsp3) is 0.333. The van der Waals surface area contributed by atoms with E-state index in [1.54, 1.807) is 10.6 Å². The number of imidazole rings is 1. The molecule has 25 heavy (non-hydrogen) atoms. The zero-order valence-electron chi connectivity index (χ0n) is 13.6. The number of sulfonamides is 1. The molecule has 3 heterocycles. The topological polar surface area (TPSA) is 94.8 Å². The smallest absolute Gasteiger partial charge is 0.241 e. The summed E-state index contributed by atoms with van der Waals surface area (Å²) in [5.41, 5.74) is 1.48. The molecule has 1 aliphatic rings. The van der Waals surface area contributed by atoms with E-state index in [0.29, 0.717) is 24.7 Å². The molecule has 0 amide bonds. The third-order valence-corrected chi connectivity index (χ3v) is 6.07. The van der Waals surface area contributed by atoms with Crippen LogP contribution in [0.3, 0.4) is 0 Å². The van der Waals surface area contributed by atoms with Crippen molar-refractivity contribution in [3.63, 3.8) is 0 Å². The van der Waals surface area contributed by atoms with Crippen LogP contribution in [0.1, 0.15) is 16.4 Å². The number of nitrogens with zero attached hydrogens (tertiary/aromatic N) is 3. The molecule has 0 bridgehead atoms. The van der Waals surface area contributed by atoms with Crippen LogP contribution in [0.4, 0.5) is 0 Å². The van der Waals surface area contributed by atoms with Crippen LogP contribution in [0, 0.1) is 13.8 Å². The van der Waals surface area contributed by atoms with E-state index in [4.69, 9.17) is 9.47 Å². The molecule has 0 spiro atoms. The SMILES string of the molecule is Cc1nn2c(CNS(=O)(=O)c3ccc4c(c3)OCCO4)c(C)nc2s1. The third-order valence-electron chi connectivity index (χ3n) is 3.85. The predicted octanol–water partition coefficient (Wildman–Crippen LogP) is 1.66. The Morgan fingerprint density at radius 2 is 2.00 bits per heavy atom. The third kappa shape index (κ3) is 2.96. The van der Waals surface area contributed by atoms with E-state index < -0.39 is 10.0 Å². The summed E-state index contributed by atoms with van der Waals surface area (Å²) >= 11 is 1.47. The van der Waals surface area contributed by atoms with Gasteiger partial charge in [-0.15, -0.1) is 0 Å². The molecule has 3 aromatic rings. The Kier molecular flexibility index (Phi) is 3.89. The Hall–Kier alpha value is -2.17. The van der Waals surface area contributed by atoms with Crippen molar-refractivity contribution in [2.24, 2.45) is 0 Å². The summed E-state index contributed by atoms with van der Waals surface area (Å²) in [6.07, 6.45) is 0. The molecule has 0 fully saturated rings. The molecule has 0 saturated carbocycles. The zero-order valence-corrected chi connectivity index (χ0v) is 15.3. The number of nitrogens with one attached hydrogen (secondary N) is 1. The number of rotatable bonds is 4. The summed E-state index contributed by atoms with van der Waals surface area (Å²) in [5.74, 6) is 0.990. The van der Waals surface area contributed by atoms with Gasteiger partial charge in [0.25, 0.3) is 0 Å². The van der Waals surface area contributed by atoms with Crippen molar-refractivity contribution in [3.8, 4) is 11.5 Å². The summed E-state index contributed by atoms with van der Waals surface area (Å²) in [5, 5.41) is 5.24. The normalized spacial score (nSPS) is 14.2. The number of aryl methyl sites for hydroxylation is 2. The van der Waals surface area contributed by atoms with Crippen molar-refractivity contribution in [3.05, 3.63) is 34.6 Å². The first kappa shape index (κ1) is 16.3. The van der Waals surface area contributed by atoms with Crippen molar-refractivity contribution in [1.82, 2.24) is 19.3 Å². The molecule has 0 aliphatic carbocycles. The van der Waals surface area contributed by atoms with Gasteiger partial charge in [0.1, 0.15) is 18.2 Å². The van der Waals surface area contributed by atoms with E-state index in [-0.39, 0.29) is 11.4 Å². The number of fused-ring (bicyclic) bond motifs is 2. The quantitative estimate of drug-likeness (QED) is 0.740. The van der Waals surface area contributed by atoms with E-state index in [0.717, 1.165) is 21.4 Å². The zero-order chi connectivity index (χ0) is 17.6. The largest absolute Gasteiger partial charge is 0.486 e. The van der Waals surface area contributed by atoms with E-state index >= 15 is 0 Å². The molecule has 1 N–H and O–H groups in total. The number of ether oxygens (including phenoxy) is 2. The van der Waals surface area contributed by atoms with E-state index in [1.165, 1.54) is 23.5 Å². The molecule has 2 aromatic heterocycles. The van der Waals surface area contributed by atoms with Crippen LogP contribution in [-0.2, 0) is 16.6 Å². The molecular weight excluding hydrogens is 364 g/mol. The predicted molar refractivity (Wildman–Crippen MR) is 91.8 cm³/mol. The number of hydrogen-bond acceptors (Lipinski definition) is 7. The molecule has 1 aliphatic heterocycles. The number of benzene rings is 1. The maximum absolute atomic E-state index is 12.6. The summed E-state index contributed by atoms with van der Waals surface area (Å²) in [4.78, 5) is 5.30. The molecule has 132 valence electrons. The highest BCUT2D eigenvalue weighted by molar-refractivity contribution is 7.89. The average Bonchev–Trinajstić information content (AvgIpc) is 3.07. The van der Waals surface area contributed by atoms with E-state index in [2.05, 4.69) is 14.8 Å². The van der Waals surface area contributed by atoms with Crippen LogP contribution in [0.2, 0.25) is 0 Å². The fourth-order valence-corrected chi connectivity index (χ4v) is 4.44. The second-order valence-corrected chi connectivity index (χ2v) is 8.52.